The van der Waals surface area contributed by atoms with Gasteiger partial charge >= 0.3 is 0 Å². The van der Waals surface area contributed by atoms with E-state index in [-0.39, 0.29) is 17.1 Å². The molecule has 0 atom stereocenters. The van der Waals surface area contributed by atoms with Crippen molar-refractivity contribution in [3.63, 3.8) is 0 Å². The van der Waals surface area contributed by atoms with Crippen molar-refractivity contribution in [3.8, 4) is 17.0 Å². The Bertz CT molecular complexity index is 1020. The predicted molar refractivity (Wildman–Crippen MR) is 104 cm³/mol. The van der Waals surface area contributed by atoms with Gasteiger partial charge in [-0.15, -0.1) is 10.2 Å². The number of nitrogens with one attached hydrogen (secondary N) is 1. The van der Waals surface area contributed by atoms with Crippen LogP contribution in [-0.4, -0.2) is 44.2 Å². The smallest absolute Gasteiger partial charge is 0.245 e. The van der Waals surface area contributed by atoms with E-state index in [1.807, 2.05) is 23.1 Å². The third-order valence-electron chi connectivity index (χ3n) is 5.56. The number of carbonyl (C=O) groups is 1. The first kappa shape index (κ1) is 17.3. The minimum absolute atomic E-state index is 0.00752. The fraction of sp³-hybridized carbons (Fsp3) is 0.286. The van der Waals surface area contributed by atoms with Crippen molar-refractivity contribution in [2.24, 2.45) is 0 Å². The Morgan fingerprint density at radius 2 is 2.00 bits per heavy atom. The zero-order valence-electron chi connectivity index (χ0n) is 15.3. The number of hydrogen-bond donors (Lipinski definition) is 2. The quantitative estimate of drug-likeness (QED) is 0.700. The number of hydrogen-bond acceptors (Lipinski definition) is 4. The molecule has 2 N–H and O–H groups in total. The lowest BCUT2D eigenvalue weighted by atomic mass is 9.77. The number of aromatic amines is 1. The Kier molecular flexibility index (Phi) is 4.18. The number of amides is 1. The zero-order valence-corrected chi connectivity index (χ0v) is 15.3. The van der Waals surface area contributed by atoms with E-state index in [1.54, 1.807) is 12.1 Å². The van der Waals surface area contributed by atoms with Crippen molar-refractivity contribution in [1.29, 1.82) is 0 Å². The summed E-state index contributed by atoms with van der Waals surface area (Å²) in [7, 11) is 0. The number of rotatable bonds is 3. The molecule has 2 aromatic heterocycles. The van der Waals surface area contributed by atoms with E-state index in [0.29, 0.717) is 24.3 Å². The second-order valence-electron chi connectivity index (χ2n) is 7.32. The number of nitrogens with zero attached hydrogens (tertiary/aromatic N) is 3. The Balaban J connectivity index is 1.63. The van der Waals surface area contributed by atoms with Crippen LogP contribution in [0.1, 0.15) is 25.5 Å². The Morgan fingerprint density at radius 1 is 1.26 bits per heavy atom. The second kappa shape index (κ2) is 6.54. The third kappa shape index (κ3) is 3.07. The van der Waals surface area contributed by atoms with E-state index >= 15 is 0 Å². The van der Waals surface area contributed by atoms with Gasteiger partial charge in [0.05, 0.1) is 5.69 Å². The topological polar surface area (TPSA) is 82.1 Å². The third-order valence-corrected chi connectivity index (χ3v) is 5.56. The molecule has 0 bridgehead atoms. The number of phenolic OH excluding ortho intramolecular Hbond substituents is 1. The molecule has 4 rings (SSSR count). The van der Waals surface area contributed by atoms with E-state index < -0.39 is 0 Å². The lowest BCUT2D eigenvalue weighted by Gasteiger charge is -2.38. The van der Waals surface area contributed by atoms with Crippen LogP contribution in [-0.2, 0) is 10.2 Å². The number of benzene rings is 1. The summed E-state index contributed by atoms with van der Waals surface area (Å²) in [5.41, 5.74) is 3.09. The lowest BCUT2D eigenvalue weighted by Crippen LogP contribution is -2.43. The highest BCUT2D eigenvalue weighted by atomic mass is 16.3. The van der Waals surface area contributed by atoms with Crippen molar-refractivity contribution in [1.82, 2.24) is 20.1 Å². The summed E-state index contributed by atoms with van der Waals surface area (Å²) in [4.78, 5) is 17.1. The number of aromatic hydroxyl groups is 1. The standard InChI is InChI=1S/C21H22N4O2/c1-3-19(27)25-10-8-21(2,9-11-25)18-13-14-12-16(23-24-20(14)22-18)15-6-4-5-7-17(15)26/h3-7,12-13,26H,1,8-11H2,2H3,(H,22,24). The van der Waals surface area contributed by atoms with E-state index in [2.05, 4.69) is 34.8 Å². The van der Waals surface area contributed by atoms with Crippen LogP contribution in [0.4, 0.5) is 0 Å². The summed E-state index contributed by atoms with van der Waals surface area (Å²) in [6.07, 6.45) is 3.13. The molecule has 6 heteroatoms. The summed E-state index contributed by atoms with van der Waals surface area (Å²) in [5, 5.41) is 19.6. The van der Waals surface area contributed by atoms with Crippen LogP contribution >= 0.6 is 0 Å². The lowest BCUT2D eigenvalue weighted by molar-refractivity contribution is -0.127. The number of aromatic nitrogens is 3. The van der Waals surface area contributed by atoms with Crippen LogP contribution in [0.25, 0.3) is 22.3 Å². The van der Waals surface area contributed by atoms with Gasteiger partial charge in [0.2, 0.25) is 5.91 Å². The molecule has 1 aromatic carbocycles. The van der Waals surface area contributed by atoms with Crippen LogP contribution in [0, 0.1) is 0 Å². The highest BCUT2D eigenvalue weighted by molar-refractivity contribution is 5.87. The second-order valence-corrected chi connectivity index (χ2v) is 7.32. The molecule has 138 valence electrons. The van der Waals surface area contributed by atoms with E-state index in [0.717, 1.165) is 29.6 Å². The molecule has 0 spiro atoms. The molecule has 1 aliphatic rings. The normalized spacial score (nSPS) is 16.4. The number of likely N-dealkylation sites (tertiary alicyclic amines) is 1. The highest BCUT2D eigenvalue weighted by Gasteiger charge is 2.34. The number of piperidine rings is 1. The Labute approximate surface area is 157 Å². The molecular formula is C21H22N4O2. The Morgan fingerprint density at radius 3 is 2.70 bits per heavy atom. The monoisotopic (exact) mass is 362 g/mol. The first-order valence-corrected chi connectivity index (χ1v) is 9.07. The van der Waals surface area contributed by atoms with Crippen molar-refractivity contribution in [3.05, 3.63) is 54.7 Å². The van der Waals surface area contributed by atoms with Gasteiger partial charge in [-0.25, -0.2) is 0 Å². The van der Waals surface area contributed by atoms with Crippen LogP contribution < -0.4 is 0 Å². The van der Waals surface area contributed by atoms with Crippen molar-refractivity contribution < 1.29 is 9.90 Å². The minimum atomic E-state index is -0.0479. The molecule has 0 unspecified atom stereocenters. The fourth-order valence-corrected chi connectivity index (χ4v) is 3.70. The largest absolute Gasteiger partial charge is 0.507 e. The average molecular weight is 362 g/mol. The predicted octanol–water partition coefficient (Wildman–Crippen LogP) is 3.40. The number of para-hydroxylation sites is 1. The molecule has 0 aliphatic carbocycles. The maximum atomic E-state index is 11.8. The minimum Gasteiger partial charge on any atom is -0.507 e. The fourth-order valence-electron chi connectivity index (χ4n) is 3.70. The van der Waals surface area contributed by atoms with Gasteiger partial charge in [0.1, 0.15) is 5.75 Å². The summed E-state index contributed by atoms with van der Waals surface area (Å²) in [6, 6.07) is 11.2. The molecule has 1 fully saturated rings. The van der Waals surface area contributed by atoms with Crippen LogP contribution in [0.5, 0.6) is 5.75 Å². The first-order valence-electron chi connectivity index (χ1n) is 9.07. The molecule has 1 saturated heterocycles. The van der Waals surface area contributed by atoms with Gasteiger partial charge < -0.3 is 15.0 Å². The van der Waals surface area contributed by atoms with Crippen LogP contribution in [0.3, 0.4) is 0 Å². The van der Waals surface area contributed by atoms with Gasteiger partial charge in [-0.1, -0.05) is 25.6 Å². The van der Waals surface area contributed by atoms with Crippen LogP contribution in [0.15, 0.2) is 49.1 Å². The van der Waals surface area contributed by atoms with Gasteiger partial charge in [0.25, 0.3) is 0 Å². The summed E-state index contributed by atoms with van der Waals surface area (Å²) >= 11 is 0. The SMILES string of the molecule is C=CC(=O)N1CCC(C)(c2cc3cc(-c4ccccc4O)nnc3[nH]2)CC1. The van der Waals surface area contributed by atoms with E-state index in [9.17, 15) is 9.90 Å². The van der Waals surface area contributed by atoms with Crippen molar-refractivity contribution in [2.45, 2.75) is 25.2 Å². The van der Waals surface area contributed by atoms with E-state index in [4.69, 9.17) is 0 Å². The first-order chi connectivity index (χ1) is 13.0. The molecule has 3 aromatic rings. The van der Waals surface area contributed by atoms with Gasteiger partial charge in [-0.3, -0.25) is 4.79 Å². The summed E-state index contributed by atoms with van der Waals surface area (Å²) in [6.45, 7) is 7.21. The number of carbonyl (C=O) groups excluding carboxylic acids is 1. The maximum absolute atomic E-state index is 11.8. The molecule has 6 nitrogen and oxygen atoms in total. The van der Waals surface area contributed by atoms with E-state index in [1.165, 1.54) is 6.08 Å². The molecule has 0 saturated carbocycles. The molecule has 1 amide bonds. The number of fused-ring (bicyclic) bond motifs is 1. The van der Waals surface area contributed by atoms with Gasteiger partial charge in [0.15, 0.2) is 5.65 Å². The van der Waals surface area contributed by atoms with Gasteiger partial charge in [0, 0.05) is 35.1 Å². The van der Waals surface area contributed by atoms with Gasteiger partial charge in [-0.05, 0) is 43.2 Å². The summed E-state index contributed by atoms with van der Waals surface area (Å²) < 4.78 is 0. The molecule has 0 radical (unpaired) electrons. The molecule has 1 aliphatic heterocycles. The molecule has 3 heterocycles. The van der Waals surface area contributed by atoms with Crippen molar-refractivity contribution in [2.75, 3.05) is 13.1 Å². The number of phenols is 1. The summed E-state index contributed by atoms with van der Waals surface area (Å²) in [5.74, 6) is 0.181. The molecule has 27 heavy (non-hydrogen) atoms. The maximum Gasteiger partial charge on any atom is 0.245 e. The number of H-pyrrole nitrogens is 1. The Hall–Kier alpha value is -3.15. The van der Waals surface area contributed by atoms with Gasteiger partial charge in [-0.2, -0.15) is 0 Å². The average Bonchev–Trinajstić information content (AvgIpc) is 3.12. The molecular weight excluding hydrogens is 340 g/mol. The zero-order chi connectivity index (χ0) is 19.0. The van der Waals surface area contributed by atoms with Crippen LogP contribution in [0.2, 0.25) is 0 Å². The van der Waals surface area contributed by atoms with Crippen molar-refractivity contribution >= 4 is 16.9 Å². The highest BCUT2D eigenvalue weighted by Crippen LogP contribution is 2.36.